The van der Waals surface area contributed by atoms with E-state index in [9.17, 15) is 9.18 Å². The molecule has 110 valence electrons. The molecule has 0 atom stereocenters. The van der Waals surface area contributed by atoms with Crippen LogP contribution in [0, 0.1) is 12.7 Å². The van der Waals surface area contributed by atoms with Crippen LogP contribution in [-0.2, 0) is 0 Å². The predicted octanol–water partition coefficient (Wildman–Crippen LogP) is 5.07. The zero-order valence-corrected chi connectivity index (χ0v) is 13.1. The number of halogens is 3. The lowest BCUT2D eigenvalue weighted by atomic mass is 9.99. The van der Waals surface area contributed by atoms with E-state index in [4.69, 9.17) is 27.9 Å². The number of carbonyl (C=O) groups excluding carboxylic acids is 1. The second-order valence-corrected chi connectivity index (χ2v) is 5.30. The Morgan fingerprint density at radius 1 is 1.14 bits per heavy atom. The van der Waals surface area contributed by atoms with Crippen LogP contribution < -0.4 is 4.74 Å². The van der Waals surface area contributed by atoms with Crippen molar-refractivity contribution in [3.8, 4) is 5.75 Å². The maximum Gasteiger partial charge on any atom is 0.194 e. The van der Waals surface area contributed by atoms with Crippen LogP contribution in [0.2, 0.25) is 10.0 Å². The topological polar surface area (TPSA) is 26.3 Å². The molecule has 0 bridgehead atoms. The van der Waals surface area contributed by atoms with Crippen LogP contribution in [0.1, 0.15) is 28.4 Å². The summed E-state index contributed by atoms with van der Waals surface area (Å²) in [6.45, 7) is 3.99. The summed E-state index contributed by atoms with van der Waals surface area (Å²) >= 11 is 12.2. The van der Waals surface area contributed by atoms with Crippen molar-refractivity contribution in [2.24, 2.45) is 0 Å². The molecule has 2 nitrogen and oxygen atoms in total. The number of carbonyl (C=O) groups is 1. The van der Waals surface area contributed by atoms with Gasteiger partial charge < -0.3 is 4.74 Å². The summed E-state index contributed by atoms with van der Waals surface area (Å²) in [5.41, 5.74) is 1.15. The van der Waals surface area contributed by atoms with E-state index in [0.717, 1.165) is 0 Å². The summed E-state index contributed by atoms with van der Waals surface area (Å²) in [7, 11) is 0. The fraction of sp³-hybridized carbons (Fsp3) is 0.188. The number of benzene rings is 2. The molecule has 0 amide bonds. The summed E-state index contributed by atoms with van der Waals surface area (Å²) < 4.78 is 18.6. The van der Waals surface area contributed by atoms with Crippen molar-refractivity contribution in [3.63, 3.8) is 0 Å². The first kappa shape index (κ1) is 15.8. The molecule has 0 aliphatic rings. The van der Waals surface area contributed by atoms with Gasteiger partial charge in [0.1, 0.15) is 11.6 Å². The Morgan fingerprint density at radius 3 is 2.52 bits per heavy atom. The predicted molar refractivity (Wildman–Crippen MR) is 82.2 cm³/mol. The monoisotopic (exact) mass is 326 g/mol. The molecule has 0 spiro atoms. The van der Waals surface area contributed by atoms with Crippen LogP contribution in [0.25, 0.3) is 0 Å². The average molecular weight is 327 g/mol. The Balaban J connectivity index is 2.49. The van der Waals surface area contributed by atoms with Gasteiger partial charge >= 0.3 is 0 Å². The summed E-state index contributed by atoms with van der Waals surface area (Å²) in [5, 5.41) is 0.509. The molecule has 21 heavy (non-hydrogen) atoms. The van der Waals surface area contributed by atoms with Gasteiger partial charge in [-0.3, -0.25) is 4.79 Å². The lowest BCUT2D eigenvalue weighted by molar-refractivity contribution is 0.103. The second-order valence-electron chi connectivity index (χ2n) is 4.48. The molecule has 0 fully saturated rings. The van der Waals surface area contributed by atoms with E-state index in [-0.39, 0.29) is 21.9 Å². The maximum absolute atomic E-state index is 13.3. The SMILES string of the molecule is CCOc1cc(Cl)c(C(=O)c2cc(F)ccc2C)cc1Cl. The fourth-order valence-electron chi connectivity index (χ4n) is 1.95. The Hall–Kier alpha value is -1.58. The molecule has 0 unspecified atom stereocenters. The number of hydrogen-bond acceptors (Lipinski definition) is 2. The Kier molecular flexibility index (Phi) is 4.86. The molecule has 2 aromatic carbocycles. The van der Waals surface area contributed by atoms with E-state index in [0.29, 0.717) is 22.9 Å². The minimum absolute atomic E-state index is 0.219. The largest absolute Gasteiger partial charge is 0.492 e. The summed E-state index contributed by atoms with van der Waals surface area (Å²) in [4.78, 5) is 12.5. The van der Waals surface area contributed by atoms with Crippen molar-refractivity contribution in [1.29, 1.82) is 0 Å². The van der Waals surface area contributed by atoms with E-state index in [1.54, 1.807) is 13.0 Å². The van der Waals surface area contributed by atoms with Crippen molar-refractivity contribution in [2.45, 2.75) is 13.8 Å². The highest BCUT2D eigenvalue weighted by Crippen LogP contribution is 2.32. The second kappa shape index (κ2) is 6.46. The third-order valence-corrected chi connectivity index (χ3v) is 3.62. The molecule has 0 saturated heterocycles. The first-order valence-corrected chi connectivity index (χ1v) is 7.12. The van der Waals surface area contributed by atoms with E-state index in [1.807, 2.05) is 6.92 Å². The number of ether oxygens (including phenoxy) is 1. The zero-order chi connectivity index (χ0) is 15.6. The maximum atomic E-state index is 13.3. The summed E-state index contributed by atoms with van der Waals surface area (Å²) in [6, 6.07) is 6.99. The number of aryl methyl sites for hydroxylation is 1. The van der Waals surface area contributed by atoms with Crippen molar-refractivity contribution in [1.82, 2.24) is 0 Å². The first-order chi connectivity index (χ1) is 9.93. The standard InChI is InChI=1S/C16H13Cl2FO2/c1-3-21-15-8-13(17)12(7-14(15)18)16(20)11-6-10(19)5-4-9(11)2/h4-8H,3H2,1-2H3. The molecule has 0 aliphatic carbocycles. The van der Waals surface area contributed by atoms with Gasteiger partial charge in [-0.1, -0.05) is 29.3 Å². The van der Waals surface area contributed by atoms with Crippen LogP contribution in [-0.4, -0.2) is 12.4 Å². The third kappa shape index (κ3) is 3.36. The highest BCUT2D eigenvalue weighted by Gasteiger charge is 2.18. The number of hydrogen-bond donors (Lipinski definition) is 0. The molecular formula is C16H13Cl2FO2. The fourth-order valence-corrected chi connectivity index (χ4v) is 2.41. The van der Waals surface area contributed by atoms with E-state index >= 15 is 0 Å². The van der Waals surface area contributed by atoms with Crippen LogP contribution >= 0.6 is 23.2 Å². The van der Waals surface area contributed by atoms with Gasteiger partial charge in [-0.15, -0.1) is 0 Å². The molecule has 2 aromatic rings. The van der Waals surface area contributed by atoms with Gasteiger partial charge in [-0.05, 0) is 37.6 Å². The van der Waals surface area contributed by atoms with E-state index in [1.165, 1.54) is 24.3 Å². The van der Waals surface area contributed by atoms with Crippen LogP contribution in [0.5, 0.6) is 5.75 Å². The van der Waals surface area contributed by atoms with Crippen molar-refractivity contribution < 1.29 is 13.9 Å². The van der Waals surface area contributed by atoms with Crippen LogP contribution in [0.3, 0.4) is 0 Å². The summed E-state index contributed by atoms with van der Waals surface area (Å²) in [5.74, 6) is -0.435. The quantitative estimate of drug-likeness (QED) is 0.733. The molecule has 0 N–H and O–H groups in total. The Labute approximate surface area is 132 Å². The van der Waals surface area contributed by atoms with Gasteiger partial charge in [0.15, 0.2) is 5.78 Å². The molecule has 0 saturated carbocycles. The zero-order valence-electron chi connectivity index (χ0n) is 11.5. The molecule has 2 rings (SSSR count). The smallest absolute Gasteiger partial charge is 0.194 e. The molecular weight excluding hydrogens is 314 g/mol. The highest BCUT2D eigenvalue weighted by molar-refractivity contribution is 6.37. The molecule has 0 aliphatic heterocycles. The average Bonchev–Trinajstić information content (AvgIpc) is 2.44. The molecule has 0 aromatic heterocycles. The van der Waals surface area contributed by atoms with Crippen LogP contribution in [0.15, 0.2) is 30.3 Å². The Morgan fingerprint density at radius 2 is 1.86 bits per heavy atom. The third-order valence-electron chi connectivity index (χ3n) is 3.01. The Bertz CT molecular complexity index is 699. The van der Waals surface area contributed by atoms with Gasteiger partial charge in [0.2, 0.25) is 0 Å². The van der Waals surface area contributed by atoms with Crippen molar-refractivity contribution >= 4 is 29.0 Å². The van der Waals surface area contributed by atoms with E-state index < -0.39 is 5.82 Å². The van der Waals surface area contributed by atoms with E-state index in [2.05, 4.69) is 0 Å². The highest BCUT2D eigenvalue weighted by atomic mass is 35.5. The van der Waals surface area contributed by atoms with Crippen molar-refractivity contribution in [3.05, 3.63) is 62.9 Å². The minimum Gasteiger partial charge on any atom is -0.492 e. The number of rotatable bonds is 4. The lowest BCUT2D eigenvalue weighted by Crippen LogP contribution is -2.06. The molecule has 0 radical (unpaired) electrons. The molecule has 0 heterocycles. The first-order valence-electron chi connectivity index (χ1n) is 6.36. The summed E-state index contributed by atoms with van der Waals surface area (Å²) in [6.07, 6.45) is 0. The van der Waals surface area contributed by atoms with Gasteiger partial charge in [0, 0.05) is 17.2 Å². The minimum atomic E-state index is -0.475. The van der Waals surface area contributed by atoms with Gasteiger partial charge in [-0.2, -0.15) is 0 Å². The normalized spacial score (nSPS) is 10.5. The van der Waals surface area contributed by atoms with Gasteiger partial charge in [0.05, 0.1) is 16.7 Å². The van der Waals surface area contributed by atoms with Gasteiger partial charge in [-0.25, -0.2) is 4.39 Å². The van der Waals surface area contributed by atoms with Gasteiger partial charge in [0.25, 0.3) is 0 Å². The number of ketones is 1. The van der Waals surface area contributed by atoms with Crippen LogP contribution in [0.4, 0.5) is 4.39 Å². The van der Waals surface area contributed by atoms with Crippen molar-refractivity contribution in [2.75, 3.05) is 6.61 Å². The lowest BCUT2D eigenvalue weighted by Gasteiger charge is -2.11. The molecule has 5 heteroatoms.